The Balaban J connectivity index is 1.27. The van der Waals surface area contributed by atoms with Gasteiger partial charge in [0.1, 0.15) is 11.6 Å². The zero-order valence-electron chi connectivity index (χ0n) is 19.4. The number of para-hydroxylation sites is 2. The molecular weight excluding hydrogens is 398 g/mol. The van der Waals surface area contributed by atoms with Gasteiger partial charge in [-0.25, -0.2) is 4.98 Å². The van der Waals surface area contributed by atoms with E-state index in [4.69, 9.17) is 9.72 Å². The molecule has 5 nitrogen and oxygen atoms in total. The summed E-state index contributed by atoms with van der Waals surface area (Å²) in [5, 5.41) is 3.06. The van der Waals surface area contributed by atoms with Gasteiger partial charge in [0.25, 0.3) is 0 Å². The number of benzene rings is 2. The number of imidazole rings is 1. The lowest BCUT2D eigenvalue weighted by Crippen LogP contribution is -2.25. The van der Waals surface area contributed by atoms with Gasteiger partial charge < -0.3 is 14.6 Å². The molecule has 5 heteroatoms. The Labute approximate surface area is 191 Å². The predicted molar refractivity (Wildman–Crippen MR) is 129 cm³/mol. The summed E-state index contributed by atoms with van der Waals surface area (Å²) >= 11 is 0. The minimum atomic E-state index is 0.245. The average Bonchev–Trinajstić information content (AvgIpc) is 3.56. The number of ether oxygens (including phenoxy) is 1. The van der Waals surface area contributed by atoms with Crippen LogP contribution in [0, 0.1) is 19.8 Å². The van der Waals surface area contributed by atoms with Crippen LogP contribution < -0.4 is 10.1 Å². The average molecular weight is 434 g/mol. The molecule has 1 saturated carbocycles. The lowest BCUT2D eigenvalue weighted by Gasteiger charge is -2.11. The summed E-state index contributed by atoms with van der Waals surface area (Å²) in [5.74, 6) is 2.65. The first-order valence-corrected chi connectivity index (χ1v) is 12.0. The zero-order valence-corrected chi connectivity index (χ0v) is 19.4. The molecule has 1 heterocycles. The molecule has 1 N–H and O–H groups in total. The van der Waals surface area contributed by atoms with Gasteiger partial charge in [-0.2, -0.15) is 0 Å². The second-order valence-corrected chi connectivity index (χ2v) is 9.07. The highest BCUT2D eigenvalue weighted by Crippen LogP contribution is 2.28. The van der Waals surface area contributed by atoms with Gasteiger partial charge in [0, 0.05) is 25.4 Å². The fraction of sp³-hybridized carbons (Fsp3) is 0.481. The number of hydrogen-bond acceptors (Lipinski definition) is 3. The normalized spacial score (nSPS) is 13.4. The number of amides is 1. The van der Waals surface area contributed by atoms with E-state index >= 15 is 0 Å². The van der Waals surface area contributed by atoms with Gasteiger partial charge in [-0.3, -0.25) is 4.79 Å². The minimum Gasteiger partial charge on any atom is -0.494 e. The number of aromatic nitrogens is 2. The lowest BCUT2D eigenvalue weighted by atomic mass is 10.1. The molecule has 170 valence electrons. The molecule has 32 heavy (non-hydrogen) atoms. The van der Waals surface area contributed by atoms with Crippen LogP contribution in [0.5, 0.6) is 5.75 Å². The smallest absolute Gasteiger partial charge is 0.223 e. The number of carbonyl (C=O) groups excluding carboxylic acids is 1. The Hall–Kier alpha value is -2.82. The summed E-state index contributed by atoms with van der Waals surface area (Å²) in [4.78, 5) is 16.6. The molecule has 1 aromatic heterocycles. The van der Waals surface area contributed by atoms with Gasteiger partial charge in [0.15, 0.2) is 0 Å². The second kappa shape index (κ2) is 10.7. The first-order valence-electron chi connectivity index (χ1n) is 12.0. The van der Waals surface area contributed by atoms with Crippen LogP contribution in [0.2, 0.25) is 0 Å². The summed E-state index contributed by atoms with van der Waals surface area (Å²) in [6.07, 6.45) is 7.25. The first-order chi connectivity index (χ1) is 15.6. The maximum absolute atomic E-state index is 11.7. The maximum Gasteiger partial charge on any atom is 0.223 e. The van der Waals surface area contributed by atoms with Gasteiger partial charge >= 0.3 is 0 Å². The number of nitrogens with one attached hydrogen (secondary N) is 1. The van der Waals surface area contributed by atoms with Crippen LogP contribution >= 0.6 is 0 Å². The van der Waals surface area contributed by atoms with Gasteiger partial charge in [0.2, 0.25) is 5.91 Å². The molecule has 2 aromatic carbocycles. The topological polar surface area (TPSA) is 56.1 Å². The van der Waals surface area contributed by atoms with Crippen molar-refractivity contribution in [2.24, 2.45) is 5.92 Å². The van der Waals surface area contributed by atoms with E-state index in [0.29, 0.717) is 12.5 Å². The molecule has 0 saturated heterocycles. The standard InChI is InChI=1S/C27H35N3O2/c1-20-17-21(2)19-23(18-20)32-16-8-15-30-25-10-6-5-9-24(25)29-26(30)11-4-3-7-14-28-27(31)22-12-13-22/h5-6,9-10,17-19,22H,3-4,7-8,11-16H2,1-2H3,(H,28,31). The molecule has 3 aromatic rings. The van der Waals surface area contributed by atoms with Crippen LogP contribution in [-0.4, -0.2) is 28.6 Å². The van der Waals surface area contributed by atoms with Crippen molar-refractivity contribution < 1.29 is 9.53 Å². The second-order valence-electron chi connectivity index (χ2n) is 9.07. The number of unbranched alkanes of at least 4 members (excludes halogenated alkanes) is 2. The summed E-state index contributed by atoms with van der Waals surface area (Å²) < 4.78 is 8.37. The van der Waals surface area contributed by atoms with Gasteiger partial charge in [0.05, 0.1) is 17.6 Å². The fourth-order valence-electron chi connectivity index (χ4n) is 4.28. The van der Waals surface area contributed by atoms with E-state index in [-0.39, 0.29) is 5.91 Å². The van der Waals surface area contributed by atoms with E-state index in [9.17, 15) is 4.79 Å². The number of aryl methyl sites for hydroxylation is 4. The predicted octanol–water partition coefficient (Wildman–Crippen LogP) is 5.36. The van der Waals surface area contributed by atoms with Crippen molar-refractivity contribution in [1.82, 2.24) is 14.9 Å². The van der Waals surface area contributed by atoms with Crippen molar-refractivity contribution in [1.29, 1.82) is 0 Å². The Morgan fingerprint density at radius 1 is 1.06 bits per heavy atom. The quantitative estimate of drug-likeness (QED) is 0.391. The van der Waals surface area contributed by atoms with Crippen LogP contribution in [0.15, 0.2) is 42.5 Å². The van der Waals surface area contributed by atoms with E-state index in [0.717, 1.165) is 75.1 Å². The zero-order chi connectivity index (χ0) is 22.3. The van der Waals surface area contributed by atoms with Crippen molar-refractivity contribution in [3.05, 3.63) is 59.4 Å². The molecule has 0 unspecified atom stereocenters. The minimum absolute atomic E-state index is 0.245. The monoisotopic (exact) mass is 433 g/mol. The van der Waals surface area contributed by atoms with E-state index in [1.54, 1.807) is 0 Å². The molecule has 0 atom stereocenters. The number of nitrogens with zero attached hydrogens (tertiary/aromatic N) is 2. The van der Waals surface area contributed by atoms with Gasteiger partial charge in [-0.15, -0.1) is 0 Å². The van der Waals surface area contributed by atoms with Crippen molar-refractivity contribution in [2.75, 3.05) is 13.2 Å². The number of fused-ring (bicyclic) bond motifs is 1. The highest BCUT2D eigenvalue weighted by Gasteiger charge is 2.28. The Morgan fingerprint density at radius 2 is 1.84 bits per heavy atom. The van der Waals surface area contributed by atoms with E-state index < -0.39 is 0 Å². The van der Waals surface area contributed by atoms with Crippen LogP contribution in [0.3, 0.4) is 0 Å². The van der Waals surface area contributed by atoms with Crippen molar-refractivity contribution in [3.8, 4) is 5.75 Å². The molecule has 0 bridgehead atoms. The molecule has 1 amide bonds. The highest BCUT2D eigenvalue weighted by atomic mass is 16.5. The van der Waals surface area contributed by atoms with Crippen LogP contribution in [0.25, 0.3) is 11.0 Å². The molecule has 0 aliphatic heterocycles. The molecule has 1 aliphatic carbocycles. The molecule has 0 spiro atoms. The van der Waals surface area contributed by atoms with Crippen molar-refractivity contribution in [3.63, 3.8) is 0 Å². The Morgan fingerprint density at radius 3 is 2.62 bits per heavy atom. The Kier molecular flexibility index (Phi) is 7.46. The summed E-state index contributed by atoms with van der Waals surface area (Å²) in [6.45, 7) is 6.59. The van der Waals surface area contributed by atoms with E-state index in [1.165, 1.54) is 16.6 Å². The molecule has 1 fully saturated rings. The third-order valence-corrected chi connectivity index (χ3v) is 6.05. The van der Waals surface area contributed by atoms with Crippen molar-refractivity contribution in [2.45, 2.75) is 65.3 Å². The third-order valence-electron chi connectivity index (χ3n) is 6.05. The fourth-order valence-corrected chi connectivity index (χ4v) is 4.28. The van der Waals surface area contributed by atoms with E-state index in [2.05, 4.69) is 66.2 Å². The summed E-state index contributed by atoms with van der Waals surface area (Å²) in [5.41, 5.74) is 4.73. The van der Waals surface area contributed by atoms with Gasteiger partial charge in [-0.1, -0.05) is 24.6 Å². The number of rotatable bonds is 12. The molecule has 1 aliphatic rings. The maximum atomic E-state index is 11.7. The summed E-state index contributed by atoms with van der Waals surface area (Å²) in [6, 6.07) is 14.7. The van der Waals surface area contributed by atoms with Crippen LogP contribution in [0.4, 0.5) is 0 Å². The number of hydrogen-bond donors (Lipinski definition) is 1. The van der Waals surface area contributed by atoms with Crippen LogP contribution in [-0.2, 0) is 17.8 Å². The SMILES string of the molecule is Cc1cc(C)cc(OCCCn2c(CCCCCNC(=O)C3CC3)nc3ccccc32)c1. The number of carbonyl (C=O) groups is 1. The van der Waals surface area contributed by atoms with Crippen LogP contribution in [0.1, 0.15) is 55.5 Å². The van der Waals surface area contributed by atoms with Crippen molar-refractivity contribution >= 4 is 16.9 Å². The molecule has 0 radical (unpaired) electrons. The first kappa shape index (κ1) is 22.4. The highest BCUT2D eigenvalue weighted by molar-refractivity contribution is 5.80. The molecule has 4 rings (SSSR count). The third kappa shape index (κ3) is 6.12. The largest absolute Gasteiger partial charge is 0.494 e. The van der Waals surface area contributed by atoms with Gasteiger partial charge in [-0.05, 0) is 81.3 Å². The molecular formula is C27H35N3O2. The lowest BCUT2D eigenvalue weighted by molar-refractivity contribution is -0.122. The summed E-state index contributed by atoms with van der Waals surface area (Å²) in [7, 11) is 0. The Bertz CT molecular complexity index is 1030. The van der Waals surface area contributed by atoms with E-state index in [1.807, 2.05) is 0 Å².